The van der Waals surface area contributed by atoms with Crippen molar-refractivity contribution in [1.29, 1.82) is 0 Å². The molecule has 0 atom stereocenters. The van der Waals surface area contributed by atoms with Crippen LogP contribution in [0.1, 0.15) is 27.1 Å². The summed E-state index contributed by atoms with van der Waals surface area (Å²) in [6, 6.07) is 4.99. The predicted molar refractivity (Wildman–Crippen MR) is 112 cm³/mol. The molecule has 0 saturated carbocycles. The zero-order valence-electron chi connectivity index (χ0n) is 15.3. The van der Waals surface area contributed by atoms with Crippen LogP contribution in [0.15, 0.2) is 24.3 Å². The van der Waals surface area contributed by atoms with Gasteiger partial charge in [0.15, 0.2) is 6.61 Å². The molecule has 0 aliphatic carbocycles. The number of fused-ring (bicyclic) bond motifs is 1. The molecule has 12 heteroatoms. The highest BCUT2D eigenvalue weighted by molar-refractivity contribution is 6.55. The molecule has 3 rings (SSSR count). The topological polar surface area (TPSA) is 92.8 Å². The minimum absolute atomic E-state index is 0.165. The van der Waals surface area contributed by atoms with Crippen molar-refractivity contribution in [2.45, 2.75) is 6.42 Å². The average molecular weight is 508 g/mol. The van der Waals surface area contributed by atoms with Crippen LogP contribution in [0.5, 0.6) is 0 Å². The van der Waals surface area contributed by atoms with Crippen LogP contribution < -0.4 is 5.32 Å². The van der Waals surface area contributed by atoms with E-state index in [0.717, 1.165) is 17.0 Å². The maximum Gasteiger partial charge on any atom is 0.308 e. The first-order valence-corrected chi connectivity index (χ1v) is 10.1. The number of halogens is 5. The Morgan fingerprint density at radius 1 is 0.903 bits per heavy atom. The van der Waals surface area contributed by atoms with E-state index in [0.29, 0.717) is 5.69 Å². The number of carbonyl (C=O) groups is 4. The fourth-order valence-electron chi connectivity index (χ4n) is 2.75. The number of esters is 1. The third-order valence-electron chi connectivity index (χ3n) is 4.22. The molecule has 0 radical (unpaired) electrons. The number of rotatable bonds is 6. The zero-order chi connectivity index (χ0) is 22.9. The summed E-state index contributed by atoms with van der Waals surface area (Å²) in [6.45, 7) is -0.951. The smallest absolute Gasteiger partial charge is 0.308 e. The SMILES string of the molecule is O=C(COC(=O)CCN1C(=O)c2c(Cl)c(Cl)c(Cl)c(Cl)c2C1=O)Nc1ccc(F)cc1. The Morgan fingerprint density at radius 3 is 1.94 bits per heavy atom. The second kappa shape index (κ2) is 9.40. The van der Waals surface area contributed by atoms with E-state index in [1.54, 1.807) is 0 Å². The Hall–Kier alpha value is -2.39. The minimum Gasteiger partial charge on any atom is -0.456 e. The number of carbonyl (C=O) groups excluding carboxylic acids is 4. The lowest BCUT2D eigenvalue weighted by molar-refractivity contribution is -0.147. The average Bonchev–Trinajstić information content (AvgIpc) is 2.99. The number of anilines is 1. The summed E-state index contributed by atoms with van der Waals surface area (Å²) in [5.41, 5.74) is -0.0734. The molecule has 1 aliphatic heterocycles. The molecule has 3 amide bonds. The van der Waals surface area contributed by atoms with E-state index < -0.39 is 36.1 Å². The maximum atomic E-state index is 12.9. The third kappa shape index (κ3) is 4.77. The van der Waals surface area contributed by atoms with Gasteiger partial charge in [0.05, 0.1) is 37.6 Å². The molecule has 2 aromatic carbocycles. The minimum atomic E-state index is -0.834. The van der Waals surface area contributed by atoms with Crippen molar-refractivity contribution in [1.82, 2.24) is 4.90 Å². The summed E-state index contributed by atoms with van der Waals surface area (Å²) in [5, 5.41) is 1.65. The Labute approximate surface area is 194 Å². The Balaban J connectivity index is 1.57. The van der Waals surface area contributed by atoms with Crippen LogP contribution in [-0.2, 0) is 14.3 Å². The number of benzene rings is 2. The van der Waals surface area contributed by atoms with Crippen LogP contribution in [0.2, 0.25) is 20.1 Å². The van der Waals surface area contributed by atoms with Gasteiger partial charge in [-0.05, 0) is 24.3 Å². The summed E-state index contributed by atoms with van der Waals surface area (Å²) < 4.78 is 17.7. The molecule has 31 heavy (non-hydrogen) atoms. The van der Waals surface area contributed by atoms with Crippen molar-refractivity contribution in [2.75, 3.05) is 18.5 Å². The Kier molecular flexibility index (Phi) is 7.06. The van der Waals surface area contributed by atoms with E-state index in [1.807, 2.05) is 0 Å². The molecule has 0 saturated heterocycles. The number of hydrogen-bond acceptors (Lipinski definition) is 5. The number of imide groups is 1. The van der Waals surface area contributed by atoms with Crippen molar-refractivity contribution in [2.24, 2.45) is 0 Å². The first kappa shape index (κ1) is 23.3. The second-order valence-corrected chi connectivity index (χ2v) is 7.75. The largest absolute Gasteiger partial charge is 0.456 e. The van der Waals surface area contributed by atoms with Crippen molar-refractivity contribution in [3.05, 3.63) is 61.3 Å². The van der Waals surface area contributed by atoms with Crippen LogP contribution in [0.4, 0.5) is 10.1 Å². The van der Waals surface area contributed by atoms with Crippen LogP contribution >= 0.6 is 46.4 Å². The summed E-state index contributed by atoms with van der Waals surface area (Å²) in [5.74, 6) is -3.52. The van der Waals surface area contributed by atoms with Crippen LogP contribution in [0.25, 0.3) is 0 Å². The lowest BCUT2D eigenvalue weighted by Gasteiger charge is -2.13. The van der Waals surface area contributed by atoms with E-state index in [2.05, 4.69) is 5.32 Å². The number of ether oxygens (including phenoxy) is 1. The molecular formula is C19H11Cl4FN2O5. The Morgan fingerprint density at radius 2 is 1.42 bits per heavy atom. The van der Waals surface area contributed by atoms with Gasteiger partial charge >= 0.3 is 5.97 Å². The van der Waals surface area contributed by atoms with E-state index in [-0.39, 0.29) is 44.2 Å². The Bertz CT molecular complexity index is 1060. The number of nitrogens with one attached hydrogen (secondary N) is 1. The first-order chi connectivity index (χ1) is 14.6. The van der Waals surface area contributed by atoms with Crippen molar-refractivity contribution in [3.63, 3.8) is 0 Å². The second-order valence-electron chi connectivity index (χ2n) is 6.23. The zero-order valence-corrected chi connectivity index (χ0v) is 18.3. The molecular weight excluding hydrogens is 497 g/mol. The summed E-state index contributed by atoms with van der Waals surface area (Å²) >= 11 is 23.9. The van der Waals surface area contributed by atoms with Gasteiger partial charge in [0.1, 0.15) is 5.82 Å². The van der Waals surface area contributed by atoms with Crippen molar-refractivity contribution in [3.8, 4) is 0 Å². The standard InChI is InChI=1S/C19H11Cl4FN2O5/c20-14-12-13(15(21)17(23)16(14)22)19(30)26(18(12)29)6-5-11(28)31-7-10(27)25-9-3-1-8(24)2-4-9/h1-4H,5-7H2,(H,25,27). The van der Waals surface area contributed by atoms with Gasteiger partial charge in [0.2, 0.25) is 0 Å². The van der Waals surface area contributed by atoms with Gasteiger partial charge < -0.3 is 10.1 Å². The first-order valence-electron chi connectivity index (χ1n) is 8.55. The van der Waals surface area contributed by atoms with Crippen LogP contribution in [0, 0.1) is 5.82 Å². The molecule has 162 valence electrons. The van der Waals surface area contributed by atoms with Crippen molar-refractivity contribution < 1.29 is 28.3 Å². The van der Waals surface area contributed by atoms with Crippen molar-refractivity contribution >= 4 is 75.8 Å². The molecule has 1 N–H and O–H groups in total. The van der Waals surface area contributed by atoms with Gasteiger partial charge in [0, 0.05) is 12.2 Å². The van der Waals surface area contributed by atoms with Gasteiger partial charge in [0.25, 0.3) is 17.7 Å². The lowest BCUT2D eigenvalue weighted by Crippen LogP contribution is -2.32. The van der Waals surface area contributed by atoms with Crippen LogP contribution in [0.3, 0.4) is 0 Å². The maximum absolute atomic E-state index is 12.9. The quantitative estimate of drug-likeness (QED) is 0.267. The van der Waals surface area contributed by atoms with E-state index in [4.69, 9.17) is 51.1 Å². The molecule has 0 fully saturated rings. The molecule has 1 aliphatic rings. The highest BCUT2D eigenvalue weighted by Gasteiger charge is 2.41. The number of hydrogen-bond donors (Lipinski definition) is 1. The highest BCUT2D eigenvalue weighted by Crippen LogP contribution is 2.44. The molecule has 0 bridgehead atoms. The normalized spacial score (nSPS) is 12.7. The molecule has 0 aromatic heterocycles. The number of nitrogens with zero attached hydrogens (tertiary/aromatic N) is 1. The lowest BCUT2D eigenvalue weighted by atomic mass is 10.1. The molecule has 0 spiro atoms. The van der Waals surface area contributed by atoms with Crippen LogP contribution in [-0.4, -0.2) is 41.7 Å². The molecule has 0 unspecified atom stereocenters. The molecule has 7 nitrogen and oxygen atoms in total. The molecule has 2 aromatic rings. The summed E-state index contributed by atoms with van der Waals surface area (Å²) in [6.07, 6.45) is -0.383. The highest BCUT2D eigenvalue weighted by atomic mass is 35.5. The van der Waals surface area contributed by atoms with E-state index in [9.17, 15) is 23.6 Å². The summed E-state index contributed by atoms with van der Waals surface area (Å²) in [4.78, 5) is 49.6. The monoisotopic (exact) mass is 506 g/mol. The van der Waals surface area contributed by atoms with Gasteiger partial charge in [-0.1, -0.05) is 46.4 Å². The fraction of sp³-hybridized carbons (Fsp3) is 0.158. The fourth-order valence-corrected chi connectivity index (χ4v) is 3.76. The van der Waals surface area contributed by atoms with Gasteiger partial charge in [-0.3, -0.25) is 24.1 Å². The van der Waals surface area contributed by atoms with Gasteiger partial charge in [-0.15, -0.1) is 0 Å². The van der Waals surface area contributed by atoms with E-state index in [1.165, 1.54) is 12.1 Å². The molecule has 1 heterocycles. The van der Waals surface area contributed by atoms with Gasteiger partial charge in [-0.2, -0.15) is 0 Å². The summed E-state index contributed by atoms with van der Waals surface area (Å²) in [7, 11) is 0. The van der Waals surface area contributed by atoms with E-state index >= 15 is 0 Å². The van der Waals surface area contributed by atoms with Gasteiger partial charge in [-0.25, -0.2) is 4.39 Å². The number of amides is 3. The predicted octanol–water partition coefficient (Wildman–Crippen LogP) is 4.61. The third-order valence-corrected chi connectivity index (χ3v) is 6.02.